The molecular formula is C14H17NO. The predicted molar refractivity (Wildman–Crippen MR) is 63.2 cm³/mol. The van der Waals surface area contributed by atoms with Crippen LogP contribution in [-0.2, 0) is 11.2 Å². The Kier molecular flexibility index (Phi) is 2.43. The highest BCUT2D eigenvalue weighted by Gasteiger charge is 2.31. The van der Waals surface area contributed by atoms with E-state index in [1.54, 1.807) is 0 Å². The first kappa shape index (κ1) is 9.88. The molecule has 0 saturated carbocycles. The summed E-state index contributed by atoms with van der Waals surface area (Å²) in [4.78, 5) is 11.4. The van der Waals surface area contributed by atoms with Crippen molar-refractivity contribution in [2.45, 2.75) is 31.6 Å². The van der Waals surface area contributed by atoms with Crippen LogP contribution in [0.1, 0.15) is 36.3 Å². The van der Waals surface area contributed by atoms with Crippen molar-refractivity contribution in [3.63, 3.8) is 0 Å². The van der Waals surface area contributed by atoms with Crippen LogP contribution in [0.15, 0.2) is 24.3 Å². The third-order valence-electron chi connectivity index (χ3n) is 4.07. The van der Waals surface area contributed by atoms with Crippen molar-refractivity contribution in [2.75, 3.05) is 6.54 Å². The van der Waals surface area contributed by atoms with Gasteiger partial charge in [-0.2, -0.15) is 0 Å². The Morgan fingerprint density at radius 2 is 1.94 bits per heavy atom. The van der Waals surface area contributed by atoms with Crippen LogP contribution in [0.4, 0.5) is 0 Å². The van der Waals surface area contributed by atoms with Crippen LogP contribution in [0.2, 0.25) is 0 Å². The fourth-order valence-electron chi connectivity index (χ4n) is 3.17. The number of hydrogen-bond donors (Lipinski definition) is 1. The zero-order valence-electron chi connectivity index (χ0n) is 9.41. The van der Waals surface area contributed by atoms with Crippen molar-refractivity contribution < 1.29 is 4.79 Å². The first-order valence-electron chi connectivity index (χ1n) is 6.19. The second kappa shape index (κ2) is 3.93. The molecule has 2 nitrogen and oxygen atoms in total. The van der Waals surface area contributed by atoms with E-state index < -0.39 is 0 Å². The maximum atomic E-state index is 11.4. The Labute approximate surface area is 96.1 Å². The maximum Gasteiger partial charge on any atom is 0.220 e. The Hall–Kier alpha value is -1.31. The second-order valence-electron chi connectivity index (χ2n) is 4.95. The van der Waals surface area contributed by atoms with Crippen LogP contribution in [0.5, 0.6) is 0 Å². The summed E-state index contributed by atoms with van der Waals surface area (Å²) in [5.74, 6) is 1.48. The van der Waals surface area contributed by atoms with Crippen molar-refractivity contribution >= 4 is 5.91 Å². The molecule has 0 radical (unpaired) electrons. The fourth-order valence-corrected chi connectivity index (χ4v) is 3.17. The Morgan fingerprint density at radius 1 is 1.12 bits per heavy atom. The molecule has 1 saturated heterocycles. The average molecular weight is 215 g/mol. The molecule has 1 heterocycles. The molecule has 84 valence electrons. The largest absolute Gasteiger partial charge is 0.355 e. The molecule has 1 aromatic rings. The molecule has 1 fully saturated rings. The van der Waals surface area contributed by atoms with Crippen LogP contribution < -0.4 is 5.32 Å². The summed E-state index contributed by atoms with van der Waals surface area (Å²) < 4.78 is 0. The molecule has 0 bridgehead atoms. The molecule has 1 aliphatic heterocycles. The lowest BCUT2D eigenvalue weighted by Crippen LogP contribution is -2.29. The molecule has 1 N–H and O–H groups in total. The number of carbonyl (C=O) groups excluding carboxylic acids is 1. The number of fused-ring (bicyclic) bond motifs is 3. The normalized spacial score (nSPS) is 28.6. The summed E-state index contributed by atoms with van der Waals surface area (Å²) in [5, 5.41) is 3.05. The number of amides is 1. The average Bonchev–Trinajstić information content (AvgIpc) is 2.52. The van der Waals surface area contributed by atoms with Gasteiger partial charge in [0.25, 0.3) is 0 Å². The van der Waals surface area contributed by atoms with E-state index in [1.165, 1.54) is 24.0 Å². The topological polar surface area (TPSA) is 29.1 Å². The zero-order valence-corrected chi connectivity index (χ0v) is 9.41. The molecule has 1 amide bonds. The van der Waals surface area contributed by atoms with E-state index in [0.29, 0.717) is 18.3 Å². The molecule has 1 aliphatic carbocycles. The highest BCUT2D eigenvalue weighted by molar-refractivity contribution is 5.76. The molecule has 0 spiro atoms. The lowest BCUT2D eigenvalue weighted by Gasteiger charge is -2.31. The third kappa shape index (κ3) is 1.62. The van der Waals surface area contributed by atoms with Crippen molar-refractivity contribution in [3.8, 4) is 0 Å². The Balaban J connectivity index is 1.95. The molecule has 2 aliphatic rings. The Morgan fingerprint density at radius 3 is 2.88 bits per heavy atom. The van der Waals surface area contributed by atoms with Gasteiger partial charge in [-0.25, -0.2) is 0 Å². The minimum atomic E-state index is 0.229. The molecule has 3 rings (SSSR count). The number of nitrogens with one attached hydrogen (secondary N) is 1. The van der Waals surface area contributed by atoms with Crippen molar-refractivity contribution in [3.05, 3.63) is 35.4 Å². The van der Waals surface area contributed by atoms with Crippen LogP contribution in [0.25, 0.3) is 0 Å². The fraction of sp³-hybridized carbons (Fsp3) is 0.500. The standard InChI is InChI=1S/C14H17NO/c16-14-8-7-11-6-5-10-3-1-2-4-12(10)13(11)9-15-14/h1-4,11,13H,5-9H2,(H,15,16)/t11-,13+/m1/s1. The van der Waals surface area contributed by atoms with Crippen LogP contribution in [-0.4, -0.2) is 12.5 Å². The second-order valence-corrected chi connectivity index (χ2v) is 4.95. The van der Waals surface area contributed by atoms with E-state index in [1.807, 2.05) is 0 Å². The van der Waals surface area contributed by atoms with Gasteiger partial charge in [0.05, 0.1) is 0 Å². The molecule has 2 atom stereocenters. The van der Waals surface area contributed by atoms with Gasteiger partial charge in [-0.3, -0.25) is 4.79 Å². The summed E-state index contributed by atoms with van der Waals surface area (Å²) in [7, 11) is 0. The maximum absolute atomic E-state index is 11.4. The van der Waals surface area contributed by atoms with Crippen molar-refractivity contribution in [1.82, 2.24) is 5.32 Å². The third-order valence-corrected chi connectivity index (χ3v) is 4.07. The van der Waals surface area contributed by atoms with Gasteiger partial charge < -0.3 is 5.32 Å². The van der Waals surface area contributed by atoms with Gasteiger partial charge in [-0.15, -0.1) is 0 Å². The quantitative estimate of drug-likeness (QED) is 0.706. The van der Waals surface area contributed by atoms with E-state index >= 15 is 0 Å². The van der Waals surface area contributed by atoms with Crippen LogP contribution >= 0.6 is 0 Å². The van der Waals surface area contributed by atoms with Gasteiger partial charge in [0.2, 0.25) is 5.91 Å². The summed E-state index contributed by atoms with van der Waals surface area (Å²) in [6, 6.07) is 8.71. The monoisotopic (exact) mass is 215 g/mol. The first-order chi connectivity index (χ1) is 7.84. The number of carbonyl (C=O) groups is 1. The highest BCUT2D eigenvalue weighted by atomic mass is 16.1. The molecule has 0 unspecified atom stereocenters. The van der Waals surface area contributed by atoms with Gasteiger partial charge in [0.15, 0.2) is 0 Å². The van der Waals surface area contributed by atoms with Crippen LogP contribution in [0.3, 0.4) is 0 Å². The molecular weight excluding hydrogens is 198 g/mol. The number of benzene rings is 1. The molecule has 1 aromatic carbocycles. The molecule has 0 aromatic heterocycles. The van der Waals surface area contributed by atoms with E-state index in [4.69, 9.17) is 0 Å². The summed E-state index contributed by atoms with van der Waals surface area (Å²) in [5.41, 5.74) is 2.96. The van der Waals surface area contributed by atoms with Gasteiger partial charge in [-0.05, 0) is 36.3 Å². The lowest BCUT2D eigenvalue weighted by molar-refractivity contribution is -0.120. The number of hydrogen-bond acceptors (Lipinski definition) is 1. The van der Waals surface area contributed by atoms with E-state index in [0.717, 1.165) is 13.0 Å². The van der Waals surface area contributed by atoms with E-state index in [2.05, 4.69) is 29.6 Å². The summed E-state index contributed by atoms with van der Waals surface area (Å²) in [6.45, 7) is 0.834. The number of aryl methyl sites for hydroxylation is 1. The summed E-state index contributed by atoms with van der Waals surface area (Å²) >= 11 is 0. The van der Waals surface area contributed by atoms with Gasteiger partial charge >= 0.3 is 0 Å². The van der Waals surface area contributed by atoms with Gasteiger partial charge in [0, 0.05) is 18.9 Å². The zero-order chi connectivity index (χ0) is 11.0. The minimum absolute atomic E-state index is 0.229. The summed E-state index contributed by atoms with van der Waals surface area (Å²) in [6.07, 6.45) is 4.20. The van der Waals surface area contributed by atoms with Gasteiger partial charge in [0.1, 0.15) is 0 Å². The smallest absolute Gasteiger partial charge is 0.220 e. The highest BCUT2D eigenvalue weighted by Crippen LogP contribution is 2.39. The lowest BCUT2D eigenvalue weighted by atomic mass is 9.74. The minimum Gasteiger partial charge on any atom is -0.355 e. The van der Waals surface area contributed by atoms with Gasteiger partial charge in [-0.1, -0.05) is 24.3 Å². The van der Waals surface area contributed by atoms with Crippen molar-refractivity contribution in [1.29, 1.82) is 0 Å². The van der Waals surface area contributed by atoms with E-state index in [9.17, 15) is 4.79 Å². The van der Waals surface area contributed by atoms with Crippen molar-refractivity contribution in [2.24, 2.45) is 5.92 Å². The SMILES string of the molecule is O=C1CC[C@H]2CCc3ccccc3[C@H]2CN1. The van der Waals surface area contributed by atoms with E-state index in [-0.39, 0.29) is 5.91 Å². The predicted octanol–water partition coefficient (Wildman–Crippen LogP) is 2.24. The molecule has 16 heavy (non-hydrogen) atoms. The van der Waals surface area contributed by atoms with Crippen LogP contribution in [0, 0.1) is 5.92 Å². The Bertz CT molecular complexity index is 413. The first-order valence-corrected chi connectivity index (χ1v) is 6.19. The molecule has 2 heteroatoms. The number of rotatable bonds is 0.